The summed E-state index contributed by atoms with van der Waals surface area (Å²) >= 11 is 0. The highest BCUT2D eigenvalue weighted by Gasteiger charge is 2.05. The van der Waals surface area contributed by atoms with E-state index in [2.05, 4.69) is 24.0 Å². The summed E-state index contributed by atoms with van der Waals surface area (Å²) in [7, 11) is 3.28. The Morgan fingerprint density at radius 3 is 2.45 bits per heavy atom. The maximum Gasteiger partial charge on any atom is 0.145 e. The second kappa shape index (κ2) is 6.66. The molecular weight excluding hydrogens is 250 g/mol. The van der Waals surface area contributed by atoms with E-state index in [1.165, 1.54) is 0 Å². The summed E-state index contributed by atoms with van der Waals surface area (Å²) in [5, 5.41) is 3.33. The fourth-order valence-corrected chi connectivity index (χ4v) is 1.92. The number of rotatable bonds is 6. The van der Waals surface area contributed by atoms with Crippen molar-refractivity contribution in [2.24, 2.45) is 0 Å². The van der Waals surface area contributed by atoms with Gasteiger partial charge in [-0.25, -0.2) is 0 Å². The summed E-state index contributed by atoms with van der Waals surface area (Å²) in [5.41, 5.74) is 3.08. The third-order valence-electron chi connectivity index (χ3n) is 3.08. The van der Waals surface area contributed by atoms with Gasteiger partial charge in [-0.3, -0.25) is 0 Å². The zero-order valence-electron chi connectivity index (χ0n) is 11.8. The van der Waals surface area contributed by atoms with Crippen molar-refractivity contribution in [3.63, 3.8) is 0 Å². The Kier molecular flexibility index (Phi) is 4.66. The van der Waals surface area contributed by atoms with Gasteiger partial charge in [-0.2, -0.15) is 0 Å². The summed E-state index contributed by atoms with van der Waals surface area (Å²) in [5.74, 6) is 1.53. The third-order valence-corrected chi connectivity index (χ3v) is 3.08. The molecule has 0 saturated carbocycles. The fraction of sp³-hybridized carbons (Fsp3) is 0.176. The molecule has 104 valence electrons. The minimum Gasteiger partial charge on any atom is -0.497 e. The van der Waals surface area contributed by atoms with Crippen LogP contribution in [0, 0.1) is 0 Å². The summed E-state index contributed by atoms with van der Waals surface area (Å²) in [6.45, 7) is 4.76. The van der Waals surface area contributed by atoms with Crippen molar-refractivity contribution in [2.75, 3.05) is 26.1 Å². The van der Waals surface area contributed by atoms with Gasteiger partial charge >= 0.3 is 0 Å². The van der Waals surface area contributed by atoms with Crippen molar-refractivity contribution < 1.29 is 9.47 Å². The topological polar surface area (TPSA) is 30.5 Å². The molecule has 2 aromatic rings. The molecule has 0 aromatic heterocycles. The van der Waals surface area contributed by atoms with Gasteiger partial charge in [-0.1, -0.05) is 36.9 Å². The van der Waals surface area contributed by atoms with Gasteiger partial charge in [-0.15, -0.1) is 0 Å². The molecule has 3 nitrogen and oxygen atoms in total. The number of hydrogen-bond donors (Lipinski definition) is 1. The van der Waals surface area contributed by atoms with Gasteiger partial charge in [0.2, 0.25) is 0 Å². The molecule has 0 aliphatic heterocycles. The van der Waals surface area contributed by atoms with Crippen molar-refractivity contribution in [3.05, 3.63) is 60.7 Å². The highest BCUT2D eigenvalue weighted by molar-refractivity contribution is 5.69. The molecule has 0 aliphatic carbocycles. The molecule has 20 heavy (non-hydrogen) atoms. The van der Waals surface area contributed by atoms with Crippen LogP contribution in [0.4, 0.5) is 5.69 Å². The van der Waals surface area contributed by atoms with Crippen LogP contribution >= 0.6 is 0 Å². The summed E-state index contributed by atoms with van der Waals surface area (Å²) < 4.78 is 10.5. The monoisotopic (exact) mass is 269 g/mol. The van der Waals surface area contributed by atoms with Crippen LogP contribution in [0.5, 0.6) is 11.5 Å². The normalized spacial score (nSPS) is 9.90. The lowest BCUT2D eigenvalue weighted by Crippen LogP contribution is -2.05. The van der Waals surface area contributed by atoms with E-state index in [0.29, 0.717) is 6.54 Å². The zero-order valence-corrected chi connectivity index (χ0v) is 11.8. The minimum atomic E-state index is 0.659. The van der Waals surface area contributed by atoms with Crippen molar-refractivity contribution in [1.82, 2.24) is 0 Å². The molecule has 0 bridgehead atoms. The summed E-state index contributed by atoms with van der Waals surface area (Å²) in [6.07, 6.45) is 0. The van der Waals surface area contributed by atoms with E-state index in [9.17, 15) is 0 Å². The number of hydrogen-bond acceptors (Lipinski definition) is 3. The van der Waals surface area contributed by atoms with Crippen LogP contribution in [0.25, 0.3) is 5.57 Å². The number of benzene rings is 2. The van der Waals surface area contributed by atoms with Crippen LogP contribution < -0.4 is 14.8 Å². The molecule has 0 amide bonds. The van der Waals surface area contributed by atoms with Crippen molar-refractivity contribution in [3.8, 4) is 11.5 Å². The Morgan fingerprint density at radius 2 is 1.80 bits per heavy atom. The standard InChI is InChI=1S/C17H19NO2/c1-13(14-7-5-4-6-8-14)12-18-16-10-9-15(19-2)11-17(16)20-3/h4-11,18H,1,12H2,2-3H3. The zero-order chi connectivity index (χ0) is 14.4. The smallest absolute Gasteiger partial charge is 0.145 e. The number of anilines is 1. The van der Waals surface area contributed by atoms with E-state index in [-0.39, 0.29) is 0 Å². The first-order valence-corrected chi connectivity index (χ1v) is 6.43. The van der Waals surface area contributed by atoms with E-state index >= 15 is 0 Å². The van der Waals surface area contributed by atoms with Gasteiger partial charge in [0.05, 0.1) is 19.9 Å². The van der Waals surface area contributed by atoms with Gasteiger partial charge < -0.3 is 14.8 Å². The van der Waals surface area contributed by atoms with Crippen LogP contribution in [-0.2, 0) is 0 Å². The Hall–Kier alpha value is -2.42. The van der Waals surface area contributed by atoms with Gasteiger partial charge in [0.15, 0.2) is 0 Å². The lowest BCUT2D eigenvalue weighted by Gasteiger charge is -2.13. The Morgan fingerprint density at radius 1 is 1.05 bits per heavy atom. The molecule has 2 aromatic carbocycles. The maximum atomic E-state index is 5.35. The number of nitrogens with one attached hydrogen (secondary N) is 1. The van der Waals surface area contributed by atoms with E-state index < -0.39 is 0 Å². The van der Waals surface area contributed by atoms with Crippen molar-refractivity contribution >= 4 is 11.3 Å². The molecule has 2 rings (SSSR count). The summed E-state index contributed by atoms with van der Waals surface area (Å²) in [4.78, 5) is 0. The highest BCUT2D eigenvalue weighted by Crippen LogP contribution is 2.29. The lowest BCUT2D eigenvalue weighted by atomic mass is 10.1. The van der Waals surface area contributed by atoms with Crippen LogP contribution in [-0.4, -0.2) is 20.8 Å². The largest absolute Gasteiger partial charge is 0.497 e. The lowest BCUT2D eigenvalue weighted by molar-refractivity contribution is 0.395. The number of methoxy groups -OCH3 is 2. The molecule has 3 heteroatoms. The first-order chi connectivity index (χ1) is 9.74. The Balaban J connectivity index is 2.05. The van der Waals surface area contributed by atoms with Gasteiger partial charge in [0.25, 0.3) is 0 Å². The fourth-order valence-electron chi connectivity index (χ4n) is 1.92. The van der Waals surface area contributed by atoms with Crippen LogP contribution in [0.3, 0.4) is 0 Å². The highest BCUT2D eigenvalue weighted by atomic mass is 16.5. The SMILES string of the molecule is C=C(CNc1ccc(OC)cc1OC)c1ccccc1. The van der Waals surface area contributed by atoms with E-state index in [1.807, 2.05) is 36.4 Å². The second-order valence-electron chi connectivity index (χ2n) is 4.39. The van der Waals surface area contributed by atoms with Gasteiger partial charge in [0.1, 0.15) is 11.5 Å². The first kappa shape index (κ1) is 14.0. The Bertz CT molecular complexity index is 579. The maximum absolute atomic E-state index is 5.35. The van der Waals surface area contributed by atoms with E-state index in [0.717, 1.165) is 28.3 Å². The molecule has 0 unspecified atom stereocenters. The van der Waals surface area contributed by atoms with E-state index in [1.54, 1.807) is 14.2 Å². The average Bonchev–Trinajstić information content (AvgIpc) is 2.53. The van der Waals surface area contributed by atoms with Crippen molar-refractivity contribution in [2.45, 2.75) is 0 Å². The van der Waals surface area contributed by atoms with Gasteiger partial charge in [0, 0.05) is 12.6 Å². The molecule has 0 heterocycles. The van der Waals surface area contributed by atoms with Crippen LogP contribution in [0.1, 0.15) is 5.56 Å². The van der Waals surface area contributed by atoms with Crippen molar-refractivity contribution in [1.29, 1.82) is 0 Å². The minimum absolute atomic E-state index is 0.659. The predicted octanol–water partition coefficient (Wildman–Crippen LogP) is 3.83. The molecule has 0 atom stereocenters. The predicted molar refractivity (Wildman–Crippen MR) is 83.5 cm³/mol. The molecule has 0 fully saturated rings. The first-order valence-electron chi connectivity index (χ1n) is 6.43. The average molecular weight is 269 g/mol. The van der Waals surface area contributed by atoms with E-state index in [4.69, 9.17) is 9.47 Å². The second-order valence-corrected chi connectivity index (χ2v) is 4.39. The quantitative estimate of drug-likeness (QED) is 0.864. The molecule has 0 spiro atoms. The molecule has 0 aliphatic rings. The van der Waals surface area contributed by atoms with Gasteiger partial charge in [-0.05, 0) is 23.3 Å². The Labute approximate surface area is 119 Å². The third kappa shape index (κ3) is 3.32. The molecule has 0 radical (unpaired) electrons. The number of ether oxygens (including phenoxy) is 2. The molecule has 0 saturated heterocycles. The molecular formula is C17H19NO2. The van der Waals surface area contributed by atoms with Crippen LogP contribution in [0.2, 0.25) is 0 Å². The molecule has 1 N–H and O–H groups in total. The van der Waals surface area contributed by atoms with Crippen LogP contribution in [0.15, 0.2) is 55.1 Å². The summed E-state index contributed by atoms with van der Waals surface area (Å²) in [6, 6.07) is 15.8.